The van der Waals surface area contributed by atoms with Crippen LogP contribution in [0, 0.1) is 11.3 Å². The van der Waals surface area contributed by atoms with Crippen molar-refractivity contribution in [2.75, 3.05) is 5.32 Å². The van der Waals surface area contributed by atoms with Crippen LogP contribution < -0.4 is 10.9 Å². The zero-order valence-electron chi connectivity index (χ0n) is 18.6. The van der Waals surface area contributed by atoms with Crippen molar-refractivity contribution < 1.29 is 0 Å². The first kappa shape index (κ1) is 22.3. The first-order chi connectivity index (χ1) is 17.1. The van der Waals surface area contributed by atoms with E-state index in [1.165, 1.54) is 6.33 Å². The van der Waals surface area contributed by atoms with Crippen molar-refractivity contribution in [2.45, 2.75) is 19.5 Å². The number of halogens is 1. The molecule has 0 radical (unpaired) electrons. The molecule has 0 aliphatic rings. The summed E-state index contributed by atoms with van der Waals surface area (Å²) in [5.41, 5.74) is 4.73. The van der Waals surface area contributed by atoms with Crippen LogP contribution in [0.4, 0.5) is 5.82 Å². The quantitative estimate of drug-likeness (QED) is 0.358. The van der Waals surface area contributed by atoms with Gasteiger partial charge in [0.15, 0.2) is 5.65 Å². The summed E-state index contributed by atoms with van der Waals surface area (Å²) in [4.78, 5) is 23.3. The number of hydrogen-bond donors (Lipinski definition) is 2. The monoisotopic (exact) mass is 481 g/mol. The van der Waals surface area contributed by atoms with E-state index in [0.29, 0.717) is 41.6 Å². The minimum Gasteiger partial charge on any atom is -0.365 e. The van der Waals surface area contributed by atoms with Gasteiger partial charge in [0.25, 0.3) is 5.56 Å². The van der Waals surface area contributed by atoms with Gasteiger partial charge in [0.2, 0.25) is 0 Å². The maximum atomic E-state index is 11.9. The van der Waals surface area contributed by atoms with Gasteiger partial charge in [0.1, 0.15) is 12.1 Å². The zero-order chi connectivity index (χ0) is 24.2. The number of nitriles is 1. The van der Waals surface area contributed by atoms with Gasteiger partial charge in [-0.1, -0.05) is 41.9 Å². The molecular formula is C26H20ClN7O. The molecule has 0 aliphatic carbocycles. The summed E-state index contributed by atoms with van der Waals surface area (Å²) in [6.07, 6.45) is 5.57. The lowest BCUT2D eigenvalue weighted by molar-refractivity contribution is 0.693. The van der Waals surface area contributed by atoms with E-state index in [0.717, 1.165) is 27.6 Å². The standard InChI is InChI=1S/C26H20ClN7O/c27-22-8-7-20(12-28)21(11-22)13-30-24-23-15-34(33-25(23)32-16-31-24)14-18-5-3-17(4-6-18)10-19-2-1-9-29-26(19)35/h1-9,11,15-16H,10,13-14H2,(H,29,35)(H,30,31,32,33). The van der Waals surface area contributed by atoms with E-state index >= 15 is 0 Å². The first-order valence-electron chi connectivity index (χ1n) is 10.9. The largest absolute Gasteiger partial charge is 0.365 e. The van der Waals surface area contributed by atoms with Gasteiger partial charge < -0.3 is 10.3 Å². The summed E-state index contributed by atoms with van der Waals surface area (Å²) in [7, 11) is 0. The van der Waals surface area contributed by atoms with E-state index in [9.17, 15) is 10.1 Å². The predicted molar refractivity (Wildman–Crippen MR) is 134 cm³/mol. The summed E-state index contributed by atoms with van der Waals surface area (Å²) in [5, 5.41) is 18.6. The number of nitrogens with one attached hydrogen (secondary N) is 2. The summed E-state index contributed by atoms with van der Waals surface area (Å²) >= 11 is 6.10. The van der Waals surface area contributed by atoms with Crippen molar-refractivity contribution in [1.82, 2.24) is 24.7 Å². The average molecular weight is 482 g/mol. The molecule has 0 atom stereocenters. The highest BCUT2D eigenvalue weighted by atomic mass is 35.5. The number of H-pyrrole nitrogens is 1. The molecule has 0 bridgehead atoms. The fraction of sp³-hybridized carbons (Fsp3) is 0.115. The Hall–Kier alpha value is -4.48. The molecule has 0 unspecified atom stereocenters. The van der Waals surface area contributed by atoms with Crippen molar-refractivity contribution >= 4 is 28.5 Å². The van der Waals surface area contributed by atoms with Crippen molar-refractivity contribution in [2.24, 2.45) is 0 Å². The number of aromatic nitrogens is 5. The number of hydrogen-bond acceptors (Lipinski definition) is 6. The predicted octanol–water partition coefficient (Wildman–Crippen LogP) is 4.29. The van der Waals surface area contributed by atoms with Crippen LogP contribution in [-0.2, 0) is 19.5 Å². The van der Waals surface area contributed by atoms with Gasteiger partial charge in [-0.05, 0) is 41.0 Å². The number of benzene rings is 2. The molecule has 5 rings (SSSR count). The van der Waals surface area contributed by atoms with Gasteiger partial charge in [-0.3, -0.25) is 9.48 Å². The molecule has 0 spiro atoms. The smallest absolute Gasteiger partial charge is 0.251 e. The van der Waals surface area contributed by atoms with E-state index in [1.54, 1.807) is 24.4 Å². The van der Waals surface area contributed by atoms with E-state index < -0.39 is 0 Å². The second-order valence-corrected chi connectivity index (χ2v) is 8.51. The van der Waals surface area contributed by atoms with E-state index in [1.807, 2.05) is 47.3 Å². The molecule has 172 valence electrons. The Balaban J connectivity index is 1.31. The lowest BCUT2D eigenvalue weighted by Crippen LogP contribution is -2.11. The highest BCUT2D eigenvalue weighted by molar-refractivity contribution is 6.30. The molecule has 9 heteroatoms. The lowest BCUT2D eigenvalue weighted by Gasteiger charge is -2.08. The fourth-order valence-electron chi connectivity index (χ4n) is 3.87. The van der Waals surface area contributed by atoms with Gasteiger partial charge in [-0.2, -0.15) is 10.4 Å². The molecule has 0 saturated heterocycles. The van der Waals surface area contributed by atoms with Crippen molar-refractivity contribution in [1.29, 1.82) is 5.26 Å². The van der Waals surface area contributed by atoms with Gasteiger partial charge in [-0.25, -0.2) is 9.97 Å². The Kier molecular flexibility index (Phi) is 6.24. The van der Waals surface area contributed by atoms with E-state index in [4.69, 9.17) is 11.6 Å². The van der Waals surface area contributed by atoms with Crippen LogP contribution in [-0.4, -0.2) is 24.7 Å². The highest BCUT2D eigenvalue weighted by Crippen LogP contribution is 2.21. The second-order valence-electron chi connectivity index (χ2n) is 8.07. The van der Waals surface area contributed by atoms with Crippen LogP contribution in [0.1, 0.15) is 27.8 Å². The fourth-order valence-corrected chi connectivity index (χ4v) is 4.06. The van der Waals surface area contributed by atoms with Crippen LogP contribution in [0.2, 0.25) is 5.02 Å². The van der Waals surface area contributed by atoms with Crippen molar-refractivity contribution in [3.63, 3.8) is 0 Å². The second kappa shape index (κ2) is 9.79. The number of nitrogens with zero attached hydrogens (tertiary/aromatic N) is 5. The van der Waals surface area contributed by atoms with Crippen LogP contribution in [0.5, 0.6) is 0 Å². The number of aromatic amines is 1. The maximum absolute atomic E-state index is 11.9. The SMILES string of the molecule is N#Cc1ccc(Cl)cc1CNc1ncnc2nn(Cc3ccc(Cc4ccc[nH]c4=O)cc3)cc12. The molecule has 2 N–H and O–H groups in total. The third kappa shape index (κ3) is 5.05. The summed E-state index contributed by atoms with van der Waals surface area (Å²) in [6, 6.07) is 19.1. The normalized spacial score (nSPS) is 10.9. The van der Waals surface area contributed by atoms with Crippen LogP contribution in [0.25, 0.3) is 11.0 Å². The third-order valence-electron chi connectivity index (χ3n) is 5.66. The Morgan fingerprint density at radius 3 is 2.69 bits per heavy atom. The highest BCUT2D eigenvalue weighted by Gasteiger charge is 2.11. The van der Waals surface area contributed by atoms with Gasteiger partial charge in [0, 0.05) is 35.9 Å². The van der Waals surface area contributed by atoms with Crippen LogP contribution >= 0.6 is 11.6 Å². The number of rotatable bonds is 7. The third-order valence-corrected chi connectivity index (χ3v) is 5.90. The minimum absolute atomic E-state index is 0.0652. The summed E-state index contributed by atoms with van der Waals surface area (Å²) < 4.78 is 1.82. The summed E-state index contributed by atoms with van der Waals surface area (Å²) in [5.74, 6) is 0.633. The summed E-state index contributed by atoms with van der Waals surface area (Å²) in [6.45, 7) is 0.960. The van der Waals surface area contributed by atoms with Crippen molar-refractivity contribution in [3.05, 3.63) is 117 Å². The lowest BCUT2D eigenvalue weighted by atomic mass is 10.0. The molecule has 0 amide bonds. The van der Waals surface area contributed by atoms with Crippen molar-refractivity contribution in [3.8, 4) is 6.07 Å². The molecule has 8 nitrogen and oxygen atoms in total. The minimum atomic E-state index is -0.0652. The van der Waals surface area contributed by atoms with Gasteiger partial charge >= 0.3 is 0 Å². The zero-order valence-corrected chi connectivity index (χ0v) is 19.3. The molecule has 35 heavy (non-hydrogen) atoms. The topological polar surface area (TPSA) is 112 Å². The van der Waals surface area contributed by atoms with E-state index in [-0.39, 0.29) is 5.56 Å². The van der Waals surface area contributed by atoms with Crippen LogP contribution in [0.15, 0.2) is 78.1 Å². The van der Waals surface area contributed by atoms with Gasteiger partial charge in [0.05, 0.1) is 23.6 Å². The number of fused-ring (bicyclic) bond motifs is 1. The van der Waals surface area contributed by atoms with Crippen LogP contribution in [0.3, 0.4) is 0 Å². The maximum Gasteiger partial charge on any atom is 0.251 e. The Bertz CT molecular complexity index is 1600. The number of pyridine rings is 1. The first-order valence-corrected chi connectivity index (χ1v) is 11.3. The molecule has 3 heterocycles. The Morgan fingerprint density at radius 1 is 1.06 bits per heavy atom. The molecule has 0 aliphatic heterocycles. The van der Waals surface area contributed by atoms with E-state index in [2.05, 4.69) is 31.4 Å². The Labute approximate surface area is 205 Å². The molecular weight excluding hydrogens is 462 g/mol. The molecule has 0 fully saturated rings. The number of anilines is 1. The Morgan fingerprint density at radius 2 is 1.89 bits per heavy atom. The molecule has 5 aromatic rings. The molecule has 2 aromatic carbocycles. The molecule has 0 saturated carbocycles. The molecule has 3 aromatic heterocycles. The average Bonchev–Trinajstić information content (AvgIpc) is 3.28. The van der Waals surface area contributed by atoms with Gasteiger partial charge in [-0.15, -0.1) is 0 Å².